The van der Waals surface area contributed by atoms with Crippen LogP contribution < -0.4 is 10.6 Å². The first-order valence-corrected chi connectivity index (χ1v) is 13.1. The van der Waals surface area contributed by atoms with Crippen LogP contribution in [-0.2, 0) is 30.7 Å². The minimum absolute atomic E-state index is 0.185. The molecule has 0 aliphatic carbocycles. The second-order valence-electron chi connectivity index (χ2n) is 10.1. The third-order valence-electron chi connectivity index (χ3n) is 7.02. The number of imide groups is 1. The molecule has 9 nitrogen and oxygen atoms in total. The normalized spacial score (nSPS) is 15.4. The summed E-state index contributed by atoms with van der Waals surface area (Å²) >= 11 is 0. The van der Waals surface area contributed by atoms with Gasteiger partial charge in [-0.05, 0) is 74.3 Å². The van der Waals surface area contributed by atoms with E-state index in [4.69, 9.17) is 4.42 Å². The zero-order chi connectivity index (χ0) is 27.4. The highest BCUT2D eigenvalue weighted by Crippen LogP contribution is 2.26. The molecular weight excluding hydrogens is 494 g/mol. The van der Waals surface area contributed by atoms with E-state index in [1.54, 1.807) is 12.3 Å². The van der Waals surface area contributed by atoms with Gasteiger partial charge in [-0.3, -0.25) is 14.5 Å². The van der Waals surface area contributed by atoms with Gasteiger partial charge >= 0.3 is 6.03 Å². The number of hydrogen-bond donors (Lipinski definition) is 3. The summed E-state index contributed by atoms with van der Waals surface area (Å²) in [7, 11) is 4.01. The van der Waals surface area contributed by atoms with E-state index in [1.807, 2.05) is 62.6 Å². The standard InChI is InChI=1S/C30H33N5O4/c1-34(2)15-14-23-24-17-20(10-12-25(24)32-27(23)28(36)31-18-22-9-6-16-39-22)11-13-26-29(37)35(30(38)33-26)19-21-7-4-3-5-8-21/h3-10,12,16-17,26,32H,11,13-15,18-19H2,1-2H3,(H,31,36)(H,33,38). The van der Waals surface area contributed by atoms with Gasteiger partial charge in [-0.2, -0.15) is 0 Å². The molecule has 1 atom stereocenters. The third-order valence-corrected chi connectivity index (χ3v) is 7.02. The first kappa shape index (κ1) is 26.2. The fourth-order valence-corrected chi connectivity index (χ4v) is 4.91. The first-order chi connectivity index (χ1) is 18.9. The Balaban J connectivity index is 1.30. The van der Waals surface area contributed by atoms with Gasteiger partial charge < -0.3 is 24.9 Å². The molecule has 0 spiro atoms. The average Bonchev–Trinajstić information content (AvgIpc) is 3.65. The zero-order valence-corrected chi connectivity index (χ0v) is 22.2. The van der Waals surface area contributed by atoms with Gasteiger partial charge in [0.1, 0.15) is 17.5 Å². The Labute approximate surface area is 227 Å². The van der Waals surface area contributed by atoms with E-state index in [0.29, 0.717) is 37.3 Å². The number of carbonyl (C=O) groups excluding carboxylic acids is 3. The number of urea groups is 1. The maximum absolute atomic E-state index is 13.1. The topological polar surface area (TPSA) is 111 Å². The molecule has 5 rings (SSSR count). The summed E-state index contributed by atoms with van der Waals surface area (Å²) in [5.41, 5.74) is 4.34. The zero-order valence-electron chi connectivity index (χ0n) is 22.2. The van der Waals surface area contributed by atoms with Crippen LogP contribution >= 0.6 is 0 Å². The molecular formula is C30H33N5O4. The fraction of sp³-hybridized carbons (Fsp3) is 0.300. The van der Waals surface area contributed by atoms with Gasteiger partial charge in [-0.25, -0.2) is 4.79 Å². The quantitative estimate of drug-likeness (QED) is 0.257. The van der Waals surface area contributed by atoms with Crippen molar-refractivity contribution >= 4 is 28.7 Å². The SMILES string of the molecule is CN(C)CCc1c(C(=O)NCc2ccco2)[nH]c2ccc(CCC3NC(=O)N(Cc4ccccc4)C3=O)cc12. The first-order valence-electron chi connectivity index (χ1n) is 13.1. The summed E-state index contributed by atoms with van der Waals surface area (Å²) in [6.07, 6.45) is 3.39. The highest BCUT2D eigenvalue weighted by molar-refractivity contribution is 6.04. The molecule has 9 heteroatoms. The van der Waals surface area contributed by atoms with Crippen molar-refractivity contribution in [3.05, 3.63) is 95.1 Å². The van der Waals surface area contributed by atoms with Crippen molar-refractivity contribution < 1.29 is 18.8 Å². The van der Waals surface area contributed by atoms with E-state index < -0.39 is 6.04 Å². The number of furan rings is 1. The molecule has 1 aliphatic heterocycles. The van der Waals surface area contributed by atoms with Crippen LogP contribution in [0.15, 0.2) is 71.3 Å². The number of amides is 4. The van der Waals surface area contributed by atoms with Crippen LogP contribution in [0.3, 0.4) is 0 Å². The summed E-state index contributed by atoms with van der Waals surface area (Å²) in [6.45, 7) is 1.36. The number of aromatic nitrogens is 1. The Bertz CT molecular complexity index is 1460. The predicted octanol–water partition coefficient (Wildman–Crippen LogP) is 3.85. The Morgan fingerprint density at radius 2 is 1.85 bits per heavy atom. The minimum atomic E-state index is -0.556. The van der Waals surface area contributed by atoms with Crippen molar-refractivity contribution in [1.82, 2.24) is 25.4 Å². The van der Waals surface area contributed by atoms with Gasteiger partial charge in [0.25, 0.3) is 11.8 Å². The van der Waals surface area contributed by atoms with E-state index in [1.165, 1.54) is 4.90 Å². The molecule has 4 aromatic rings. The Kier molecular flexibility index (Phi) is 7.79. The highest BCUT2D eigenvalue weighted by atomic mass is 16.3. The van der Waals surface area contributed by atoms with Crippen molar-refractivity contribution in [2.24, 2.45) is 0 Å². The molecule has 2 aromatic carbocycles. The summed E-state index contributed by atoms with van der Waals surface area (Å²) in [6, 6.07) is 18.3. The number of H-pyrrole nitrogens is 1. The maximum atomic E-state index is 13.1. The lowest BCUT2D eigenvalue weighted by atomic mass is 10.0. The van der Waals surface area contributed by atoms with Crippen molar-refractivity contribution in [2.45, 2.75) is 38.4 Å². The van der Waals surface area contributed by atoms with E-state index in [0.717, 1.165) is 34.1 Å². The Hall–Kier alpha value is -4.37. The minimum Gasteiger partial charge on any atom is -0.467 e. The molecule has 0 bridgehead atoms. The lowest BCUT2D eigenvalue weighted by Crippen LogP contribution is -2.31. The van der Waals surface area contributed by atoms with Crippen LogP contribution in [0.1, 0.15) is 39.4 Å². The Morgan fingerprint density at radius 1 is 1.03 bits per heavy atom. The van der Waals surface area contributed by atoms with Crippen LogP contribution in [0.4, 0.5) is 4.79 Å². The largest absolute Gasteiger partial charge is 0.467 e. The van der Waals surface area contributed by atoms with Crippen molar-refractivity contribution in [3.63, 3.8) is 0 Å². The molecule has 0 saturated carbocycles. The average molecular weight is 528 g/mol. The smallest absolute Gasteiger partial charge is 0.325 e. The van der Waals surface area contributed by atoms with Gasteiger partial charge in [-0.1, -0.05) is 36.4 Å². The van der Waals surface area contributed by atoms with Gasteiger partial charge in [0, 0.05) is 17.4 Å². The molecule has 4 amide bonds. The van der Waals surface area contributed by atoms with Gasteiger partial charge in [0.05, 0.1) is 19.4 Å². The number of aromatic amines is 1. The van der Waals surface area contributed by atoms with E-state index in [9.17, 15) is 14.4 Å². The number of aryl methyl sites for hydroxylation is 1. The summed E-state index contributed by atoms with van der Waals surface area (Å²) in [4.78, 5) is 45.2. The highest BCUT2D eigenvalue weighted by Gasteiger charge is 2.37. The van der Waals surface area contributed by atoms with Crippen LogP contribution in [-0.4, -0.2) is 59.3 Å². The molecule has 1 unspecified atom stereocenters. The fourth-order valence-electron chi connectivity index (χ4n) is 4.91. The number of carbonyl (C=O) groups is 3. The van der Waals surface area contributed by atoms with Gasteiger partial charge in [0.15, 0.2) is 0 Å². The summed E-state index contributed by atoms with van der Waals surface area (Å²) in [5.74, 6) is 0.303. The molecule has 3 heterocycles. The summed E-state index contributed by atoms with van der Waals surface area (Å²) < 4.78 is 5.34. The molecule has 1 aliphatic rings. The van der Waals surface area contributed by atoms with Crippen molar-refractivity contribution in [1.29, 1.82) is 0 Å². The second-order valence-corrected chi connectivity index (χ2v) is 10.1. The van der Waals surface area contributed by atoms with Gasteiger partial charge in [-0.15, -0.1) is 0 Å². The van der Waals surface area contributed by atoms with E-state index in [-0.39, 0.29) is 24.4 Å². The van der Waals surface area contributed by atoms with Gasteiger partial charge in [0.2, 0.25) is 0 Å². The second kappa shape index (κ2) is 11.6. The number of hydrogen-bond acceptors (Lipinski definition) is 5. The van der Waals surface area contributed by atoms with Crippen LogP contribution in [0, 0.1) is 0 Å². The molecule has 1 saturated heterocycles. The number of nitrogens with one attached hydrogen (secondary N) is 3. The lowest BCUT2D eigenvalue weighted by Gasteiger charge is -2.13. The van der Waals surface area contributed by atoms with Crippen LogP contribution in [0.2, 0.25) is 0 Å². The summed E-state index contributed by atoms with van der Waals surface area (Å²) in [5, 5.41) is 6.76. The van der Waals surface area contributed by atoms with Crippen LogP contribution in [0.25, 0.3) is 10.9 Å². The predicted molar refractivity (Wildman–Crippen MR) is 148 cm³/mol. The lowest BCUT2D eigenvalue weighted by molar-refractivity contribution is -0.128. The number of likely N-dealkylation sites (N-methyl/N-ethyl adjacent to an activating group) is 1. The van der Waals surface area contributed by atoms with Crippen molar-refractivity contribution in [2.75, 3.05) is 20.6 Å². The third kappa shape index (κ3) is 6.04. The van der Waals surface area contributed by atoms with Crippen molar-refractivity contribution in [3.8, 4) is 0 Å². The number of benzene rings is 2. The van der Waals surface area contributed by atoms with E-state index >= 15 is 0 Å². The number of nitrogens with zero attached hydrogens (tertiary/aromatic N) is 2. The maximum Gasteiger partial charge on any atom is 0.325 e. The van der Waals surface area contributed by atoms with E-state index in [2.05, 4.69) is 26.6 Å². The molecule has 3 N–H and O–H groups in total. The molecule has 202 valence electrons. The number of fused-ring (bicyclic) bond motifs is 1. The monoisotopic (exact) mass is 527 g/mol. The molecule has 2 aromatic heterocycles. The molecule has 39 heavy (non-hydrogen) atoms. The molecule has 0 radical (unpaired) electrons. The number of rotatable bonds is 11. The van der Waals surface area contributed by atoms with Crippen LogP contribution in [0.5, 0.6) is 0 Å². The molecule has 1 fully saturated rings. The Morgan fingerprint density at radius 3 is 2.59 bits per heavy atom.